The van der Waals surface area contributed by atoms with E-state index >= 15 is 0 Å². The Balaban J connectivity index is 1.93. The third kappa shape index (κ3) is 2.08. The van der Waals surface area contributed by atoms with Crippen molar-refractivity contribution in [2.75, 3.05) is 12.4 Å². The SMILES string of the molecule is CN1Cc2cc(C(O)c3ccco3)ccc2NC1=O. The zero-order valence-electron chi connectivity index (χ0n) is 10.5. The van der Waals surface area contributed by atoms with Gasteiger partial charge in [0.15, 0.2) is 0 Å². The summed E-state index contributed by atoms with van der Waals surface area (Å²) in [6.45, 7) is 0.528. The third-order valence-electron chi connectivity index (χ3n) is 3.25. The van der Waals surface area contributed by atoms with Crippen LogP contribution in [0.5, 0.6) is 0 Å². The summed E-state index contributed by atoms with van der Waals surface area (Å²) in [6, 6.07) is 8.84. The van der Waals surface area contributed by atoms with Gasteiger partial charge in [-0.1, -0.05) is 6.07 Å². The molecule has 0 fully saturated rings. The van der Waals surface area contributed by atoms with Crippen molar-refractivity contribution in [2.24, 2.45) is 0 Å². The van der Waals surface area contributed by atoms with Crippen LogP contribution in [0, 0.1) is 0 Å². The normalized spacial score (nSPS) is 15.9. The van der Waals surface area contributed by atoms with Crippen LogP contribution in [0.15, 0.2) is 41.0 Å². The first-order valence-electron chi connectivity index (χ1n) is 6.01. The fourth-order valence-electron chi connectivity index (χ4n) is 2.19. The maximum absolute atomic E-state index is 11.5. The molecule has 2 N–H and O–H groups in total. The largest absolute Gasteiger partial charge is 0.466 e. The molecule has 2 amide bonds. The van der Waals surface area contributed by atoms with E-state index in [1.807, 2.05) is 12.1 Å². The van der Waals surface area contributed by atoms with E-state index in [-0.39, 0.29) is 6.03 Å². The predicted molar refractivity (Wildman–Crippen MR) is 69.7 cm³/mol. The highest BCUT2D eigenvalue weighted by Gasteiger charge is 2.21. The van der Waals surface area contributed by atoms with Crippen LogP contribution < -0.4 is 5.32 Å². The first-order valence-corrected chi connectivity index (χ1v) is 6.01. The molecule has 5 heteroatoms. The lowest BCUT2D eigenvalue weighted by Gasteiger charge is -2.26. The van der Waals surface area contributed by atoms with Crippen LogP contribution in [0.2, 0.25) is 0 Å². The molecule has 98 valence electrons. The number of fused-ring (bicyclic) bond motifs is 1. The van der Waals surface area contributed by atoms with Gasteiger partial charge in [0.1, 0.15) is 11.9 Å². The number of amides is 2. The number of nitrogens with zero attached hydrogens (tertiary/aromatic N) is 1. The van der Waals surface area contributed by atoms with Crippen LogP contribution in [-0.4, -0.2) is 23.1 Å². The molecule has 1 unspecified atom stereocenters. The van der Waals surface area contributed by atoms with Gasteiger partial charge in [0.05, 0.1) is 6.26 Å². The van der Waals surface area contributed by atoms with E-state index in [0.29, 0.717) is 12.3 Å². The van der Waals surface area contributed by atoms with Crippen LogP contribution in [0.25, 0.3) is 0 Å². The maximum Gasteiger partial charge on any atom is 0.321 e. The lowest BCUT2D eigenvalue weighted by atomic mass is 10.0. The molecular weight excluding hydrogens is 244 g/mol. The van der Waals surface area contributed by atoms with E-state index < -0.39 is 6.10 Å². The van der Waals surface area contributed by atoms with Crippen molar-refractivity contribution < 1.29 is 14.3 Å². The lowest BCUT2D eigenvalue weighted by molar-refractivity contribution is 0.189. The zero-order valence-corrected chi connectivity index (χ0v) is 10.5. The quantitative estimate of drug-likeness (QED) is 0.868. The smallest absolute Gasteiger partial charge is 0.321 e. The minimum absolute atomic E-state index is 0.119. The molecular formula is C14H14N2O3. The summed E-state index contributed by atoms with van der Waals surface area (Å²) in [6.07, 6.45) is 0.744. The first kappa shape index (κ1) is 11.8. The van der Waals surface area contributed by atoms with Crippen molar-refractivity contribution in [3.63, 3.8) is 0 Å². The van der Waals surface area contributed by atoms with E-state index in [4.69, 9.17) is 4.42 Å². The molecule has 1 aromatic carbocycles. The van der Waals surface area contributed by atoms with Crippen LogP contribution in [0.4, 0.5) is 10.5 Å². The Bertz CT molecular complexity index is 607. The Hall–Kier alpha value is -2.27. The fourth-order valence-corrected chi connectivity index (χ4v) is 2.19. The van der Waals surface area contributed by atoms with Crippen LogP contribution >= 0.6 is 0 Å². The molecule has 1 atom stereocenters. The summed E-state index contributed by atoms with van der Waals surface area (Å²) >= 11 is 0. The van der Waals surface area contributed by atoms with E-state index in [2.05, 4.69) is 5.32 Å². The average Bonchev–Trinajstić information content (AvgIpc) is 2.93. The van der Waals surface area contributed by atoms with Crippen molar-refractivity contribution in [1.82, 2.24) is 4.90 Å². The number of carbonyl (C=O) groups is 1. The lowest BCUT2D eigenvalue weighted by Crippen LogP contribution is -2.35. The van der Waals surface area contributed by atoms with Gasteiger partial charge in [-0.3, -0.25) is 0 Å². The third-order valence-corrected chi connectivity index (χ3v) is 3.25. The van der Waals surface area contributed by atoms with Gasteiger partial charge in [-0.15, -0.1) is 0 Å². The van der Waals surface area contributed by atoms with Gasteiger partial charge in [0.25, 0.3) is 0 Å². The highest BCUT2D eigenvalue weighted by Crippen LogP contribution is 2.29. The molecule has 1 aliphatic heterocycles. The second-order valence-corrected chi connectivity index (χ2v) is 4.62. The number of aliphatic hydroxyl groups excluding tert-OH is 1. The maximum atomic E-state index is 11.5. The van der Waals surface area contributed by atoms with E-state index in [9.17, 15) is 9.90 Å². The summed E-state index contributed by atoms with van der Waals surface area (Å²) in [5.41, 5.74) is 2.52. The fraction of sp³-hybridized carbons (Fsp3) is 0.214. The molecule has 0 spiro atoms. The van der Waals surface area contributed by atoms with Gasteiger partial charge in [-0.05, 0) is 35.4 Å². The molecule has 2 aromatic rings. The number of carbonyl (C=O) groups excluding carboxylic acids is 1. The Labute approximate surface area is 110 Å². The van der Waals surface area contributed by atoms with Crippen LogP contribution in [0.3, 0.4) is 0 Å². The van der Waals surface area contributed by atoms with Crippen LogP contribution in [0.1, 0.15) is 23.0 Å². The molecule has 0 saturated heterocycles. The summed E-state index contributed by atoms with van der Waals surface area (Å²) in [5, 5.41) is 13.0. The standard InChI is InChI=1S/C14H14N2O3/c1-16-8-10-7-9(4-5-11(10)15-14(16)18)13(17)12-3-2-6-19-12/h2-7,13,17H,8H2,1H3,(H,15,18). The first-order chi connectivity index (χ1) is 9.15. The molecule has 3 rings (SSSR count). The van der Waals surface area contributed by atoms with E-state index in [1.54, 1.807) is 30.1 Å². The van der Waals surface area contributed by atoms with E-state index in [0.717, 1.165) is 16.8 Å². The molecule has 5 nitrogen and oxygen atoms in total. The Morgan fingerprint density at radius 3 is 3.00 bits per heavy atom. The Morgan fingerprint density at radius 1 is 1.42 bits per heavy atom. The van der Waals surface area contributed by atoms with Gasteiger partial charge in [0, 0.05) is 19.3 Å². The molecule has 1 aliphatic rings. The number of nitrogens with one attached hydrogen (secondary N) is 1. The van der Waals surface area contributed by atoms with Crippen molar-refractivity contribution in [2.45, 2.75) is 12.6 Å². The molecule has 0 radical (unpaired) electrons. The number of anilines is 1. The number of furan rings is 1. The summed E-state index contributed by atoms with van der Waals surface area (Å²) in [4.78, 5) is 13.1. The van der Waals surface area contributed by atoms with Gasteiger partial charge in [0.2, 0.25) is 0 Å². The molecule has 19 heavy (non-hydrogen) atoms. The van der Waals surface area contributed by atoms with Gasteiger partial charge >= 0.3 is 6.03 Å². The highest BCUT2D eigenvalue weighted by molar-refractivity contribution is 5.92. The number of hydrogen-bond donors (Lipinski definition) is 2. The topological polar surface area (TPSA) is 65.7 Å². The van der Waals surface area contributed by atoms with Crippen molar-refractivity contribution in [3.8, 4) is 0 Å². The minimum atomic E-state index is -0.789. The summed E-state index contributed by atoms with van der Waals surface area (Å²) in [7, 11) is 1.73. The zero-order chi connectivity index (χ0) is 13.4. The summed E-state index contributed by atoms with van der Waals surface area (Å²) in [5.74, 6) is 0.508. The Kier molecular flexibility index (Phi) is 2.76. The van der Waals surface area contributed by atoms with Gasteiger partial charge in [-0.25, -0.2) is 4.79 Å². The number of rotatable bonds is 2. The predicted octanol–water partition coefficient (Wildman–Crippen LogP) is 2.34. The second kappa shape index (κ2) is 4.44. The molecule has 0 saturated carbocycles. The highest BCUT2D eigenvalue weighted by atomic mass is 16.4. The van der Waals surface area contributed by atoms with Crippen molar-refractivity contribution in [3.05, 3.63) is 53.5 Å². The van der Waals surface area contributed by atoms with Crippen LogP contribution in [-0.2, 0) is 6.54 Å². The number of urea groups is 1. The number of aliphatic hydroxyl groups is 1. The number of hydrogen-bond acceptors (Lipinski definition) is 3. The second-order valence-electron chi connectivity index (χ2n) is 4.62. The minimum Gasteiger partial charge on any atom is -0.466 e. The average molecular weight is 258 g/mol. The molecule has 2 heterocycles. The Morgan fingerprint density at radius 2 is 2.26 bits per heavy atom. The monoisotopic (exact) mass is 258 g/mol. The summed E-state index contributed by atoms with van der Waals surface area (Å²) < 4.78 is 5.20. The molecule has 0 bridgehead atoms. The molecule has 1 aromatic heterocycles. The van der Waals surface area contributed by atoms with Gasteiger partial charge < -0.3 is 19.7 Å². The number of benzene rings is 1. The van der Waals surface area contributed by atoms with Crippen molar-refractivity contribution in [1.29, 1.82) is 0 Å². The van der Waals surface area contributed by atoms with E-state index in [1.165, 1.54) is 6.26 Å². The molecule has 0 aliphatic carbocycles. The van der Waals surface area contributed by atoms with Gasteiger partial charge in [-0.2, -0.15) is 0 Å². The van der Waals surface area contributed by atoms with Crippen molar-refractivity contribution >= 4 is 11.7 Å².